The second-order valence-corrected chi connectivity index (χ2v) is 9.12. The van der Waals surface area contributed by atoms with Gasteiger partial charge in [0, 0.05) is 25.2 Å². The minimum atomic E-state index is -0.357. The van der Waals surface area contributed by atoms with Crippen LogP contribution in [0.4, 0.5) is 0 Å². The standard InChI is InChI=1S/C25H32N2O2/c1-17(2)16-29-23-9-8-18(3)14-21(23)19-6-5-7-20(15-19)22-10-11-25(26-22)12-13-27(4)24(25)28/h5-9,14-15,17,22,26H,10-13,16H2,1-4H3/t22-,25+/m1/s1. The summed E-state index contributed by atoms with van der Waals surface area (Å²) in [4.78, 5) is 14.5. The van der Waals surface area contributed by atoms with Crippen LogP contribution in [0.25, 0.3) is 11.1 Å². The van der Waals surface area contributed by atoms with Gasteiger partial charge >= 0.3 is 0 Å². The van der Waals surface area contributed by atoms with Crippen LogP contribution >= 0.6 is 0 Å². The maximum absolute atomic E-state index is 12.7. The number of benzene rings is 2. The maximum atomic E-state index is 12.7. The number of rotatable bonds is 5. The fraction of sp³-hybridized carbons (Fsp3) is 0.480. The third kappa shape index (κ3) is 3.91. The van der Waals surface area contributed by atoms with Crippen LogP contribution in [0.1, 0.15) is 50.3 Å². The van der Waals surface area contributed by atoms with Crippen LogP contribution in [0, 0.1) is 12.8 Å². The molecule has 1 spiro atoms. The molecule has 0 radical (unpaired) electrons. The number of ether oxygens (including phenoxy) is 1. The van der Waals surface area contributed by atoms with E-state index in [1.165, 1.54) is 16.7 Å². The highest BCUT2D eigenvalue weighted by Crippen LogP contribution is 2.40. The van der Waals surface area contributed by atoms with E-state index in [0.29, 0.717) is 12.5 Å². The Balaban J connectivity index is 1.60. The highest BCUT2D eigenvalue weighted by Gasteiger charge is 2.49. The molecule has 1 amide bonds. The van der Waals surface area contributed by atoms with Crippen molar-refractivity contribution in [2.24, 2.45) is 5.92 Å². The minimum absolute atomic E-state index is 0.218. The molecule has 2 aliphatic heterocycles. The molecule has 2 heterocycles. The third-order valence-electron chi connectivity index (χ3n) is 6.25. The number of nitrogens with zero attached hydrogens (tertiary/aromatic N) is 1. The fourth-order valence-corrected chi connectivity index (χ4v) is 4.59. The molecule has 2 saturated heterocycles. The summed E-state index contributed by atoms with van der Waals surface area (Å²) >= 11 is 0. The van der Waals surface area contributed by atoms with E-state index in [1.54, 1.807) is 0 Å². The van der Waals surface area contributed by atoms with Crippen molar-refractivity contribution in [1.29, 1.82) is 0 Å². The number of aryl methyl sites for hydroxylation is 1. The summed E-state index contributed by atoms with van der Waals surface area (Å²) in [6, 6.07) is 15.3. The zero-order valence-electron chi connectivity index (χ0n) is 18.0. The quantitative estimate of drug-likeness (QED) is 0.800. The largest absolute Gasteiger partial charge is 0.493 e. The summed E-state index contributed by atoms with van der Waals surface area (Å²) in [6.45, 7) is 8.00. The average Bonchev–Trinajstić information content (AvgIpc) is 3.27. The van der Waals surface area contributed by atoms with Gasteiger partial charge in [-0.25, -0.2) is 0 Å². The highest BCUT2D eigenvalue weighted by atomic mass is 16.5. The Morgan fingerprint density at radius 3 is 2.76 bits per heavy atom. The maximum Gasteiger partial charge on any atom is 0.242 e. The number of likely N-dealkylation sites (N-methyl/N-ethyl adjacent to an activating group) is 1. The van der Waals surface area contributed by atoms with Crippen molar-refractivity contribution >= 4 is 5.91 Å². The van der Waals surface area contributed by atoms with Crippen molar-refractivity contribution in [2.75, 3.05) is 20.2 Å². The first-order valence-electron chi connectivity index (χ1n) is 10.7. The molecule has 0 bridgehead atoms. The average molecular weight is 393 g/mol. The molecular formula is C25H32N2O2. The molecule has 4 nitrogen and oxygen atoms in total. The number of hydrogen-bond acceptors (Lipinski definition) is 3. The molecule has 2 aromatic rings. The van der Waals surface area contributed by atoms with E-state index in [2.05, 4.69) is 68.6 Å². The molecule has 0 aromatic heterocycles. The monoisotopic (exact) mass is 392 g/mol. The normalized spacial score (nSPS) is 24.1. The molecule has 154 valence electrons. The number of amides is 1. The van der Waals surface area contributed by atoms with Crippen LogP contribution in [-0.2, 0) is 4.79 Å². The van der Waals surface area contributed by atoms with Crippen LogP contribution in [0.5, 0.6) is 5.75 Å². The first-order valence-corrected chi connectivity index (χ1v) is 10.7. The molecule has 0 saturated carbocycles. The van der Waals surface area contributed by atoms with Gasteiger partial charge in [0.05, 0.1) is 6.61 Å². The number of hydrogen-bond donors (Lipinski definition) is 1. The van der Waals surface area contributed by atoms with E-state index in [0.717, 1.165) is 37.1 Å². The second-order valence-electron chi connectivity index (χ2n) is 9.12. The van der Waals surface area contributed by atoms with E-state index < -0.39 is 0 Å². The van der Waals surface area contributed by atoms with E-state index in [1.807, 2.05) is 11.9 Å². The summed E-state index contributed by atoms with van der Waals surface area (Å²) in [7, 11) is 1.91. The molecule has 2 aliphatic rings. The summed E-state index contributed by atoms with van der Waals surface area (Å²) < 4.78 is 6.11. The number of carbonyl (C=O) groups excluding carboxylic acids is 1. The molecule has 2 fully saturated rings. The minimum Gasteiger partial charge on any atom is -0.493 e. The molecule has 29 heavy (non-hydrogen) atoms. The molecule has 4 heteroatoms. The van der Waals surface area contributed by atoms with Crippen LogP contribution in [0.15, 0.2) is 42.5 Å². The van der Waals surface area contributed by atoms with Gasteiger partial charge in [0.25, 0.3) is 0 Å². The van der Waals surface area contributed by atoms with Gasteiger partial charge in [-0.1, -0.05) is 43.7 Å². The zero-order valence-corrected chi connectivity index (χ0v) is 18.0. The van der Waals surface area contributed by atoms with E-state index in [-0.39, 0.29) is 17.5 Å². The van der Waals surface area contributed by atoms with Gasteiger partial charge in [0.2, 0.25) is 5.91 Å². The summed E-state index contributed by atoms with van der Waals surface area (Å²) in [6.07, 6.45) is 2.81. The van der Waals surface area contributed by atoms with Gasteiger partial charge in [-0.15, -0.1) is 0 Å². The van der Waals surface area contributed by atoms with Crippen LogP contribution < -0.4 is 10.1 Å². The van der Waals surface area contributed by atoms with Gasteiger partial charge in [0.15, 0.2) is 0 Å². The van der Waals surface area contributed by atoms with Gasteiger partial charge in [-0.3, -0.25) is 10.1 Å². The third-order valence-corrected chi connectivity index (χ3v) is 6.25. The topological polar surface area (TPSA) is 41.6 Å². The first-order chi connectivity index (χ1) is 13.9. The molecule has 2 aromatic carbocycles. The summed E-state index contributed by atoms with van der Waals surface area (Å²) in [5.41, 5.74) is 4.42. The van der Waals surface area contributed by atoms with Crippen LogP contribution in [0.2, 0.25) is 0 Å². The van der Waals surface area contributed by atoms with Crippen molar-refractivity contribution < 1.29 is 9.53 Å². The molecule has 2 atom stereocenters. The van der Waals surface area contributed by atoms with E-state index in [9.17, 15) is 4.79 Å². The number of carbonyl (C=O) groups is 1. The Kier molecular flexibility index (Phi) is 5.39. The Morgan fingerprint density at radius 1 is 1.21 bits per heavy atom. The Labute approximate surface area is 174 Å². The zero-order chi connectivity index (χ0) is 20.6. The van der Waals surface area contributed by atoms with Crippen molar-refractivity contribution in [3.05, 3.63) is 53.6 Å². The Hall–Kier alpha value is -2.33. The predicted molar refractivity (Wildman–Crippen MR) is 117 cm³/mol. The summed E-state index contributed by atoms with van der Waals surface area (Å²) in [5, 5.41) is 3.69. The Bertz CT molecular complexity index is 907. The van der Waals surface area contributed by atoms with E-state index >= 15 is 0 Å². The second kappa shape index (κ2) is 7.83. The SMILES string of the molecule is Cc1ccc(OCC(C)C)c(-c2cccc([C@H]3CC[C@@]4(CCN(C)C4=O)N3)c2)c1. The predicted octanol–water partition coefficient (Wildman–Crippen LogP) is 4.72. The van der Waals surface area contributed by atoms with Gasteiger partial charge in [-0.2, -0.15) is 0 Å². The van der Waals surface area contributed by atoms with Gasteiger partial charge in [0.1, 0.15) is 11.3 Å². The summed E-state index contributed by atoms with van der Waals surface area (Å²) in [5.74, 6) is 1.67. The lowest BCUT2D eigenvalue weighted by molar-refractivity contribution is -0.131. The van der Waals surface area contributed by atoms with Crippen molar-refractivity contribution in [3.8, 4) is 16.9 Å². The van der Waals surface area contributed by atoms with Crippen molar-refractivity contribution in [1.82, 2.24) is 10.2 Å². The lowest BCUT2D eigenvalue weighted by Crippen LogP contribution is -2.47. The highest BCUT2D eigenvalue weighted by molar-refractivity contribution is 5.88. The van der Waals surface area contributed by atoms with E-state index in [4.69, 9.17) is 4.74 Å². The van der Waals surface area contributed by atoms with Crippen LogP contribution in [-0.4, -0.2) is 36.5 Å². The van der Waals surface area contributed by atoms with Crippen molar-refractivity contribution in [2.45, 2.75) is 51.6 Å². The lowest BCUT2D eigenvalue weighted by atomic mass is 9.95. The first kappa shape index (κ1) is 20.0. The smallest absolute Gasteiger partial charge is 0.242 e. The van der Waals surface area contributed by atoms with Crippen LogP contribution in [0.3, 0.4) is 0 Å². The van der Waals surface area contributed by atoms with Gasteiger partial charge < -0.3 is 9.64 Å². The molecule has 0 aliphatic carbocycles. The molecule has 4 rings (SSSR count). The Morgan fingerprint density at radius 2 is 2.03 bits per heavy atom. The molecular weight excluding hydrogens is 360 g/mol. The molecule has 1 N–H and O–H groups in total. The van der Waals surface area contributed by atoms with Gasteiger partial charge in [-0.05, 0) is 61.4 Å². The number of likely N-dealkylation sites (tertiary alicyclic amines) is 1. The lowest BCUT2D eigenvalue weighted by Gasteiger charge is -2.23. The molecule has 0 unspecified atom stereocenters. The fourth-order valence-electron chi connectivity index (χ4n) is 4.59. The number of nitrogens with one attached hydrogen (secondary N) is 1. The van der Waals surface area contributed by atoms with Crippen molar-refractivity contribution in [3.63, 3.8) is 0 Å².